The highest BCUT2D eigenvalue weighted by Crippen LogP contribution is 2.36. The van der Waals surface area contributed by atoms with Gasteiger partial charge in [0.2, 0.25) is 0 Å². The SMILES string of the molecule is Cc1cc(C(C)CCN)c(C)c(Br)c1O. The molecule has 0 aromatic heterocycles. The number of aromatic hydroxyl groups is 1. The van der Waals surface area contributed by atoms with Crippen LogP contribution in [0.25, 0.3) is 0 Å². The van der Waals surface area contributed by atoms with Gasteiger partial charge in [-0.15, -0.1) is 0 Å². The van der Waals surface area contributed by atoms with Crippen molar-refractivity contribution in [2.45, 2.75) is 33.1 Å². The molecule has 0 aliphatic rings. The van der Waals surface area contributed by atoms with Crippen molar-refractivity contribution < 1.29 is 5.11 Å². The standard InChI is InChI=1S/C12H18BrNO/c1-7(4-5-14)10-6-8(2)12(15)11(13)9(10)3/h6-7,15H,4-5,14H2,1-3H3. The van der Waals surface area contributed by atoms with Crippen molar-refractivity contribution in [2.24, 2.45) is 5.73 Å². The number of phenols is 1. The number of phenolic OH excluding ortho intramolecular Hbond substituents is 1. The van der Waals surface area contributed by atoms with Gasteiger partial charge < -0.3 is 10.8 Å². The Kier molecular flexibility index (Phi) is 4.17. The lowest BCUT2D eigenvalue weighted by molar-refractivity contribution is 0.466. The third-order valence-corrected chi connectivity index (χ3v) is 3.82. The minimum Gasteiger partial charge on any atom is -0.506 e. The van der Waals surface area contributed by atoms with Crippen LogP contribution in [0.5, 0.6) is 5.75 Å². The molecule has 0 heterocycles. The number of aryl methyl sites for hydroxylation is 1. The first-order valence-corrected chi connectivity index (χ1v) is 5.97. The maximum Gasteiger partial charge on any atom is 0.132 e. The van der Waals surface area contributed by atoms with Crippen LogP contribution in [0.2, 0.25) is 0 Å². The van der Waals surface area contributed by atoms with Gasteiger partial charge in [0.25, 0.3) is 0 Å². The number of hydrogen-bond acceptors (Lipinski definition) is 2. The van der Waals surface area contributed by atoms with E-state index in [0.717, 1.165) is 22.0 Å². The van der Waals surface area contributed by atoms with Crippen LogP contribution < -0.4 is 5.73 Å². The molecule has 0 saturated carbocycles. The van der Waals surface area contributed by atoms with Crippen molar-refractivity contribution in [3.8, 4) is 5.75 Å². The third-order valence-electron chi connectivity index (χ3n) is 2.85. The predicted molar refractivity (Wildman–Crippen MR) is 67.4 cm³/mol. The molecule has 1 aromatic carbocycles. The minimum atomic E-state index is 0.344. The van der Waals surface area contributed by atoms with E-state index >= 15 is 0 Å². The maximum atomic E-state index is 9.75. The predicted octanol–water partition coefficient (Wildman–Crippen LogP) is 3.22. The molecule has 1 rings (SSSR count). The highest BCUT2D eigenvalue weighted by molar-refractivity contribution is 9.10. The van der Waals surface area contributed by atoms with Gasteiger partial charge in [-0.25, -0.2) is 0 Å². The van der Waals surface area contributed by atoms with E-state index in [2.05, 4.69) is 28.9 Å². The molecule has 2 nitrogen and oxygen atoms in total. The second kappa shape index (κ2) is 4.99. The molecule has 0 aliphatic heterocycles. The lowest BCUT2D eigenvalue weighted by Gasteiger charge is -2.17. The van der Waals surface area contributed by atoms with Gasteiger partial charge in [-0.1, -0.05) is 13.0 Å². The van der Waals surface area contributed by atoms with Gasteiger partial charge in [-0.05, 0) is 65.4 Å². The summed E-state index contributed by atoms with van der Waals surface area (Å²) in [6, 6.07) is 2.05. The van der Waals surface area contributed by atoms with E-state index in [4.69, 9.17) is 5.73 Å². The molecule has 0 bridgehead atoms. The number of benzene rings is 1. The van der Waals surface area contributed by atoms with Crippen LogP contribution in [0.4, 0.5) is 0 Å². The van der Waals surface area contributed by atoms with Crippen LogP contribution in [0, 0.1) is 13.8 Å². The lowest BCUT2D eigenvalue weighted by atomic mass is 9.92. The van der Waals surface area contributed by atoms with E-state index in [-0.39, 0.29) is 0 Å². The Morgan fingerprint density at radius 3 is 2.60 bits per heavy atom. The summed E-state index contributed by atoms with van der Waals surface area (Å²) in [6.45, 7) is 6.79. The Labute approximate surface area is 99.6 Å². The number of halogens is 1. The highest BCUT2D eigenvalue weighted by atomic mass is 79.9. The van der Waals surface area contributed by atoms with Gasteiger partial charge in [-0.2, -0.15) is 0 Å². The zero-order chi connectivity index (χ0) is 11.6. The number of rotatable bonds is 3. The Hall–Kier alpha value is -0.540. The van der Waals surface area contributed by atoms with Crippen LogP contribution in [0.3, 0.4) is 0 Å². The summed E-state index contributed by atoms with van der Waals surface area (Å²) in [5.41, 5.74) is 8.85. The van der Waals surface area contributed by atoms with Crippen molar-refractivity contribution in [3.63, 3.8) is 0 Å². The largest absolute Gasteiger partial charge is 0.506 e. The van der Waals surface area contributed by atoms with Crippen LogP contribution in [-0.4, -0.2) is 11.7 Å². The first-order valence-electron chi connectivity index (χ1n) is 5.17. The molecule has 0 radical (unpaired) electrons. The first-order chi connectivity index (χ1) is 6.99. The van der Waals surface area contributed by atoms with Crippen molar-refractivity contribution >= 4 is 15.9 Å². The highest BCUT2D eigenvalue weighted by Gasteiger charge is 2.14. The Balaban J connectivity index is 3.19. The summed E-state index contributed by atoms with van der Waals surface area (Å²) in [5, 5.41) is 9.75. The monoisotopic (exact) mass is 271 g/mol. The summed E-state index contributed by atoms with van der Waals surface area (Å²) in [5.74, 6) is 0.779. The van der Waals surface area contributed by atoms with Crippen LogP contribution in [0.1, 0.15) is 36.0 Å². The third kappa shape index (κ3) is 2.52. The summed E-state index contributed by atoms with van der Waals surface area (Å²) < 4.78 is 0.807. The normalized spacial score (nSPS) is 12.9. The maximum absolute atomic E-state index is 9.75. The summed E-state index contributed by atoms with van der Waals surface area (Å²) in [6.07, 6.45) is 0.970. The second-order valence-electron chi connectivity index (χ2n) is 4.05. The van der Waals surface area contributed by atoms with E-state index < -0.39 is 0 Å². The fourth-order valence-electron chi connectivity index (χ4n) is 1.80. The summed E-state index contributed by atoms with van der Waals surface area (Å²) in [7, 11) is 0. The fraction of sp³-hybridized carbons (Fsp3) is 0.500. The molecule has 3 heteroatoms. The average molecular weight is 272 g/mol. The quantitative estimate of drug-likeness (QED) is 0.887. The molecular formula is C12H18BrNO. The van der Waals surface area contributed by atoms with Gasteiger partial charge in [0.15, 0.2) is 0 Å². The second-order valence-corrected chi connectivity index (χ2v) is 4.84. The molecule has 0 amide bonds. The lowest BCUT2D eigenvalue weighted by Crippen LogP contribution is -2.06. The number of nitrogens with two attached hydrogens (primary N) is 1. The zero-order valence-electron chi connectivity index (χ0n) is 9.47. The molecular weight excluding hydrogens is 254 g/mol. The van der Waals surface area contributed by atoms with E-state index in [1.165, 1.54) is 5.56 Å². The van der Waals surface area contributed by atoms with E-state index in [0.29, 0.717) is 18.2 Å². The smallest absolute Gasteiger partial charge is 0.132 e. The minimum absolute atomic E-state index is 0.344. The first kappa shape index (κ1) is 12.5. The molecule has 3 N–H and O–H groups in total. The molecule has 0 aliphatic carbocycles. The van der Waals surface area contributed by atoms with Crippen molar-refractivity contribution in [2.75, 3.05) is 6.54 Å². The molecule has 0 spiro atoms. The van der Waals surface area contributed by atoms with Gasteiger partial charge in [0.05, 0.1) is 4.47 Å². The molecule has 1 aromatic rings. The van der Waals surface area contributed by atoms with Gasteiger partial charge >= 0.3 is 0 Å². The van der Waals surface area contributed by atoms with Crippen molar-refractivity contribution in [1.29, 1.82) is 0 Å². The summed E-state index contributed by atoms with van der Waals surface area (Å²) in [4.78, 5) is 0. The van der Waals surface area contributed by atoms with Crippen LogP contribution in [-0.2, 0) is 0 Å². The van der Waals surface area contributed by atoms with E-state index in [9.17, 15) is 5.11 Å². The number of hydrogen-bond donors (Lipinski definition) is 2. The van der Waals surface area contributed by atoms with Crippen molar-refractivity contribution in [1.82, 2.24) is 0 Å². The Morgan fingerprint density at radius 2 is 2.07 bits per heavy atom. The van der Waals surface area contributed by atoms with Crippen LogP contribution in [0.15, 0.2) is 10.5 Å². The molecule has 0 saturated heterocycles. The zero-order valence-corrected chi connectivity index (χ0v) is 11.1. The molecule has 84 valence electrons. The summed E-state index contributed by atoms with van der Waals surface area (Å²) >= 11 is 3.42. The van der Waals surface area contributed by atoms with Crippen molar-refractivity contribution in [3.05, 3.63) is 27.2 Å². The van der Waals surface area contributed by atoms with Crippen LogP contribution >= 0.6 is 15.9 Å². The molecule has 1 unspecified atom stereocenters. The fourth-order valence-corrected chi connectivity index (χ4v) is 2.35. The molecule has 1 atom stereocenters. The van der Waals surface area contributed by atoms with Gasteiger partial charge in [0.1, 0.15) is 5.75 Å². The van der Waals surface area contributed by atoms with E-state index in [1.54, 1.807) is 0 Å². The topological polar surface area (TPSA) is 46.2 Å². The average Bonchev–Trinajstić information content (AvgIpc) is 2.20. The Bertz CT molecular complexity index is 363. The molecule has 0 fully saturated rings. The van der Waals surface area contributed by atoms with Gasteiger partial charge in [-0.3, -0.25) is 0 Å². The van der Waals surface area contributed by atoms with Gasteiger partial charge in [0, 0.05) is 0 Å². The van der Waals surface area contributed by atoms with E-state index in [1.807, 2.05) is 13.8 Å². The Morgan fingerprint density at radius 1 is 1.47 bits per heavy atom. The molecule has 15 heavy (non-hydrogen) atoms.